The second-order valence-electron chi connectivity index (χ2n) is 9.35. The number of fused-ring (bicyclic) bond motifs is 3. The fourth-order valence-electron chi connectivity index (χ4n) is 7.59. The smallest absolute Gasteiger partial charge is 0.358 e. The van der Waals surface area contributed by atoms with E-state index in [1.54, 1.807) is 32.1 Å². The Morgan fingerprint density at radius 2 is 1.00 bits per heavy atom. The minimum atomic E-state index is 0. The molecule has 6 atom stereocenters. The fraction of sp³-hybridized carbons (Fsp3) is 0.840. The van der Waals surface area contributed by atoms with Crippen LogP contribution >= 0.6 is 0 Å². The van der Waals surface area contributed by atoms with Crippen molar-refractivity contribution in [1.29, 1.82) is 0 Å². The maximum absolute atomic E-state index is 2.60. The summed E-state index contributed by atoms with van der Waals surface area (Å²) >= 11 is 0. The van der Waals surface area contributed by atoms with Crippen molar-refractivity contribution >= 4 is 0 Å². The van der Waals surface area contributed by atoms with Crippen molar-refractivity contribution in [3.63, 3.8) is 0 Å². The van der Waals surface area contributed by atoms with Crippen LogP contribution in [-0.4, -0.2) is 0 Å². The van der Waals surface area contributed by atoms with Gasteiger partial charge < -0.3 is 29.7 Å². The maximum Gasteiger partial charge on any atom is 4.00 e. The molecule has 0 amide bonds. The van der Waals surface area contributed by atoms with Crippen molar-refractivity contribution in [2.45, 2.75) is 84.5 Å². The topological polar surface area (TPSA) is 0 Å². The van der Waals surface area contributed by atoms with Gasteiger partial charge in [-0.15, -0.1) is 0 Å². The van der Waals surface area contributed by atoms with E-state index in [1.165, 1.54) is 38.5 Å². The molecule has 0 aromatic heterocycles. The zero-order valence-electron chi connectivity index (χ0n) is 18.9. The zero-order valence-corrected chi connectivity index (χ0v) is 22.5. The van der Waals surface area contributed by atoms with Crippen molar-refractivity contribution in [1.82, 2.24) is 0 Å². The summed E-state index contributed by atoms with van der Waals surface area (Å²) in [6.07, 6.45) is 17.2. The molecule has 1 heteroatoms. The molecule has 0 bridgehead atoms. The Kier molecular flexibility index (Phi) is 13.9. The second kappa shape index (κ2) is 12.4. The molecule has 6 unspecified atom stereocenters. The van der Waals surface area contributed by atoms with Crippen molar-refractivity contribution in [3.05, 3.63) is 29.7 Å². The predicted octanol–water partition coefficient (Wildman–Crippen LogP) is 8.10. The van der Waals surface area contributed by atoms with Crippen molar-refractivity contribution in [2.24, 2.45) is 47.3 Å². The summed E-state index contributed by atoms with van der Waals surface area (Å²) in [5, 5.41) is 0. The maximum atomic E-state index is 2.60. The van der Waals surface area contributed by atoms with Gasteiger partial charge in [0.25, 0.3) is 0 Å². The first-order valence-electron chi connectivity index (χ1n) is 10.3. The van der Waals surface area contributed by atoms with Crippen molar-refractivity contribution in [3.8, 4) is 0 Å². The van der Waals surface area contributed by atoms with E-state index in [0.717, 1.165) is 47.3 Å². The van der Waals surface area contributed by atoms with E-state index >= 15 is 0 Å². The molecule has 4 aliphatic rings. The molecule has 0 aromatic carbocycles. The van der Waals surface area contributed by atoms with Crippen LogP contribution in [0.3, 0.4) is 0 Å². The Hall–Kier alpha value is 0.870. The molecular formula is C25H48Hf. The van der Waals surface area contributed by atoms with Gasteiger partial charge in [0.1, 0.15) is 0 Å². The molecule has 0 aromatic rings. The number of hydrogen-bond donors (Lipinski definition) is 0. The normalized spacial score (nSPS) is 41.1. The SMILES string of the molecule is CC1CCCC2C(CC3CCCC3)C3CCCC(C)C3C12.[CH3-].[CH3-].[CH3-].[CH3-].[Hf+4]. The van der Waals surface area contributed by atoms with Crippen LogP contribution in [0.2, 0.25) is 0 Å². The van der Waals surface area contributed by atoms with Crippen LogP contribution in [0.5, 0.6) is 0 Å². The van der Waals surface area contributed by atoms with Gasteiger partial charge in [-0.05, 0) is 66.6 Å². The van der Waals surface area contributed by atoms with Gasteiger partial charge in [0.2, 0.25) is 0 Å². The minimum absolute atomic E-state index is 0. The summed E-state index contributed by atoms with van der Waals surface area (Å²) in [5.74, 6) is 8.80. The molecule has 0 heterocycles. The molecule has 0 N–H and O–H groups in total. The molecular weight excluding hydrogens is 479 g/mol. The molecule has 4 fully saturated rings. The van der Waals surface area contributed by atoms with Gasteiger partial charge in [-0.1, -0.05) is 65.2 Å². The third-order valence-corrected chi connectivity index (χ3v) is 8.32. The van der Waals surface area contributed by atoms with Crippen molar-refractivity contribution in [2.75, 3.05) is 0 Å². The monoisotopic (exact) mass is 528 g/mol. The van der Waals surface area contributed by atoms with Gasteiger partial charge in [-0.25, -0.2) is 0 Å². The second-order valence-corrected chi connectivity index (χ2v) is 9.35. The number of hydrogen-bond acceptors (Lipinski definition) is 0. The Morgan fingerprint density at radius 1 is 0.577 bits per heavy atom. The van der Waals surface area contributed by atoms with E-state index in [0.29, 0.717) is 0 Å². The van der Waals surface area contributed by atoms with Crippen molar-refractivity contribution < 1.29 is 25.8 Å². The van der Waals surface area contributed by atoms with E-state index in [-0.39, 0.29) is 55.5 Å². The molecule has 0 spiro atoms. The van der Waals surface area contributed by atoms with Crippen LogP contribution in [0.4, 0.5) is 0 Å². The molecule has 4 rings (SSSR count). The first kappa shape index (κ1) is 29.1. The van der Waals surface area contributed by atoms with Gasteiger partial charge in [-0.2, -0.15) is 0 Å². The summed E-state index contributed by atoms with van der Waals surface area (Å²) in [6.45, 7) is 5.21. The first-order chi connectivity index (χ1) is 10.3. The third kappa shape index (κ3) is 5.27. The Balaban J connectivity index is 0. The quantitative estimate of drug-likeness (QED) is 0.252. The summed E-state index contributed by atoms with van der Waals surface area (Å²) in [7, 11) is 0. The molecule has 0 saturated heterocycles. The van der Waals surface area contributed by atoms with E-state index in [2.05, 4.69) is 13.8 Å². The number of rotatable bonds is 2. The van der Waals surface area contributed by atoms with E-state index in [1.807, 2.05) is 0 Å². The van der Waals surface area contributed by atoms with E-state index in [9.17, 15) is 0 Å². The summed E-state index contributed by atoms with van der Waals surface area (Å²) in [6, 6.07) is 0. The third-order valence-electron chi connectivity index (χ3n) is 8.32. The molecule has 26 heavy (non-hydrogen) atoms. The van der Waals surface area contributed by atoms with Gasteiger partial charge in [0.05, 0.1) is 0 Å². The van der Waals surface area contributed by atoms with Crippen LogP contribution in [0.15, 0.2) is 0 Å². The molecule has 0 aliphatic heterocycles. The fourth-order valence-corrected chi connectivity index (χ4v) is 7.59. The molecule has 152 valence electrons. The van der Waals surface area contributed by atoms with Crippen LogP contribution in [0, 0.1) is 77.0 Å². The molecule has 4 aliphatic carbocycles. The van der Waals surface area contributed by atoms with Gasteiger partial charge in [0.15, 0.2) is 0 Å². The standard InChI is InChI=1S/C21H36.4CH3.Hf/c1-14-7-5-11-17-19(13-16-9-3-4-10-16)18-12-6-8-15(2)21(18)20(14)17;;;;;/h14-21H,3-13H2,1-2H3;4*1H3;/q;4*-1;+4. The minimum Gasteiger partial charge on any atom is -0.358 e. The van der Waals surface area contributed by atoms with Gasteiger partial charge in [0, 0.05) is 0 Å². The summed E-state index contributed by atoms with van der Waals surface area (Å²) in [5.41, 5.74) is 0. The van der Waals surface area contributed by atoms with Crippen LogP contribution in [-0.2, 0) is 25.8 Å². The van der Waals surface area contributed by atoms with Crippen LogP contribution < -0.4 is 0 Å². The van der Waals surface area contributed by atoms with Gasteiger partial charge in [-0.3, -0.25) is 0 Å². The zero-order chi connectivity index (χ0) is 14.4. The van der Waals surface area contributed by atoms with Gasteiger partial charge >= 0.3 is 25.8 Å². The molecule has 0 nitrogen and oxygen atoms in total. The largest absolute Gasteiger partial charge is 4.00 e. The summed E-state index contributed by atoms with van der Waals surface area (Å²) < 4.78 is 0. The molecule has 0 radical (unpaired) electrons. The Labute approximate surface area is 186 Å². The first-order valence-corrected chi connectivity index (χ1v) is 10.3. The van der Waals surface area contributed by atoms with E-state index < -0.39 is 0 Å². The predicted molar refractivity (Wildman–Crippen MR) is 116 cm³/mol. The molecule has 4 saturated carbocycles. The average Bonchev–Trinajstić information content (AvgIpc) is 3.08. The average molecular weight is 527 g/mol. The Morgan fingerprint density at radius 3 is 1.42 bits per heavy atom. The Bertz CT molecular complexity index is 333. The van der Waals surface area contributed by atoms with E-state index in [4.69, 9.17) is 0 Å². The van der Waals surface area contributed by atoms with Crippen LogP contribution in [0.1, 0.15) is 84.5 Å². The van der Waals surface area contributed by atoms with Crippen LogP contribution in [0.25, 0.3) is 0 Å². The summed E-state index contributed by atoms with van der Waals surface area (Å²) in [4.78, 5) is 0.